The Morgan fingerprint density at radius 2 is 2.20 bits per heavy atom. The quantitative estimate of drug-likeness (QED) is 0.558. The third kappa shape index (κ3) is 4.52. The van der Waals surface area contributed by atoms with E-state index in [4.69, 9.17) is 5.11 Å². The Labute approximate surface area is 116 Å². The molecule has 0 aromatic carbocycles. The number of anilines is 1. The molecule has 1 aromatic heterocycles. The van der Waals surface area contributed by atoms with Crippen LogP contribution in [0.15, 0.2) is 6.20 Å². The minimum Gasteiger partial charge on any atom is -0.481 e. The highest BCUT2D eigenvalue weighted by atomic mass is 16.6. The van der Waals surface area contributed by atoms with Gasteiger partial charge in [-0.25, -0.2) is 0 Å². The summed E-state index contributed by atoms with van der Waals surface area (Å²) >= 11 is 0. The molecule has 1 heterocycles. The van der Waals surface area contributed by atoms with Gasteiger partial charge in [0.2, 0.25) is 5.82 Å². The van der Waals surface area contributed by atoms with Crippen LogP contribution in [0, 0.1) is 16.0 Å². The Hall–Kier alpha value is -2.12. The van der Waals surface area contributed by atoms with Crippen LogP contribution in [0.25, 0.3) is 0 Å². The minimum absolute atomic E-state index is 0.00963. The summed E-state index contributed by atoms with van der Waals surface area (Å²) in [6.07, 6.45) is 3.40. The fraction of sp³-hybridized carbons (Fsp3) is 0.667. The van der Waals surface area contributed by atoms with Crippen LogP contribution in [0.4, 0.5) is 11.5 Å². The van der Waals surface area contributed by atoms with Gasteiger partial charge in [0.15, 0.2) is 0 Å². The molecule has 0 radical (unpaired) electrons. The van der Waals surface area contributed by atoms with Gasteiger partial charge in [0.25, 0.3) is 0 Å². The first kappa shape index (κ1) is 15.9. The van der Waals surface area contributed by atoms with Crippen LogP contribution in [0.2, 0.25) is 0 Å². The van der Waals surface area contributed by atoms with Crippen LogP contribution < -0.4 is 5.32 Å². The summed E-state index contributed by atoms with van der Waals surface area (Å²) in [5.74, 6) is -0.923. The van der Waals surface area contributed by atoms with Gasteiger partial charge in [0, 0.05) is 13.1 Å². The number of aliphatic carboxylic acids is 1. The van der Waals surface area contributed by atoms with Gasteiger partial charge in [-0.05, 0) is 19.8 Å². The second-order valence-corrected chi connectivity index (χ2v) is 5.01. The Bertz CT molecular complexity index is 486. The molecule has 2 unspecified atom stereocenters. The van der Waals surface area contributed by atoms with Gasteiger partial charge in [-0.3, -0.25) is 19.6 Å². The van der Waals surface area contributed by atoms with Crippen LogP contribution in [0.1, 0.15) is 33.1 Å². The summed E-state index contributed by atoms with van der Waals surface area (Å²) in [6, 6.07) is -0.00963. The second kappa shape index (κ2) is 6.88. The number of nitro groups is 1. The summed E-state index contributed by atoms with van der Waals surface area (Å²) in [5.41, 5.74) is -0.0572. The Kier molecular flexibility index (Phi) is 5.48. The number of aromatic nitrogens is 2. The van der Waals surface area contributed by atoms with E-state index in [0.29, 0.717) is 6.42 Å². The van der Waals surface area contributed by atoms with Crippen molar-refractivity contribution >= 4 is 17.5 Å². The number of carboxylic acids is 1. The van der Waals surface area contributed by atoms with Gasteiger partial charge in [0.05, 0.1) is 10.8 Å². The lowest BCUT2D eigenvalue weighted by atomic mass is 10.0. The molecule has 0 spiro atoms. The van der Waals surface area contributed by atoms with Crippen molar-refractivity contribution in [3.05, 3.63) is 16.3 Å². The van der Waals surface area contributed by atoms with Crippen LogP contribution in [-0.2, 0) is 11.8 Å². The van der Waals surface area contributed by atoms with Crippen molar-refractivity contribution in [2.75, 3.05) is 5.32 Å². The Morgan fingerprint density at radius 1 is 1.55 bits per heavy atom. The number of aryl methyl sites for hydroxylation is 1. The summed E-state index contributed by atoms with van der Waals surface area (Å²) in [7, 11) is 1.62. The molecular formula is C12H20N4O4. The van der Waals surface area contributed by atoms with E-state index in [1.165, 1.54) is 10.9 Å². The van der Waals surface area contributed by atoms with Crippen molar-refractivity contribution in [3.8, 4) is 0 Å². The van der Waals surface area contributed by atoms with E-state index >= 15 is 0 Å². The van der Waals surface area contributed by atoms with E-state index in [9.17, 15) is 14.9 Å². The van der Waals surface area contributed by atoms with E-state index in [1.54, 1.807) is 14.0 Å². The van der Waals surface area contributed by atoms with E-state index < -0.39 is 10.9 Å². The fourth-order valence-electron chi connectivity index (χ4n) is 1.87. The molecule has 112 valence electrons. The molecule has 0 bridgehead atoms. The second-order valence-electron chi connectivity index (χ2n) is 5.01. The van der Waals surface area contributed by atoms with Crippen molar-refractivity contribution in [2.45, 2.75) is 39.2 Å². The van der Waals surface area contributed by atoms with Crippen molar-refractivity contribution in [1.29, 1.82) is 0 Å². The molecule has 0 saturated carbocycles. The smallest absolute Gasteiger partial charge is 0.330 e. The summed E-state index contributed by atoms with van der Waals surface area (Å²) in [5, 5.41) is 26.6. The molecule has 20 heavy (non-hydrogen) atoms. The Morgan fingerprint density at radius 3 is 2.75 bits per heavy atom. The lowest BCUT2D eigenvalue weighted by Crippen LogP contribution is -2.17. The molecule has 0 fully saturated rings. The van der Waals surface area contributed by atoms with Gasteiger partial charge in [-0.1, -0.05) is 13.3 Å². The number of nitrogens with zero attached hydrogens (tertiary/aromatic N) is 3. The number of hydrogen-bond acceptors (Lipinski definition) is 5. The highest BCUT2D eigenvalue weighted by Crippen LogP contribution is 2.23. The van der Waals surface area contributed by atoms with E-state index in [0.717, 1.165) is 12.8 Å². The molecule has 2 N–H and O–H groups in total. The van der Waals surface area contributed by atoms with Gasteiger partial charge in [-0.2, -0.15) is 0 Å². The lowest BCUT2D eigenvalue weighted by molar-refractivity contribution is -0.384. The van der Waals surface area contributed by atoms with Crippen molar-refractivity contribution < 1.29 is 14.8 Å². The fourth-order valence-corrected chi connectivity index (χ4v) is 1.87. The highest BCUT2D eigenvalue weighted by molar-refractivity contribution is 5.69. The maximum atomic E-state index is 10.8. The maximum absolute atomic E-state index is 10.8. The zero-order valence-corrected chi connectivity index (χ0v) is 11.9. The highest BCUT2D eigenvalue weighted by Gasteiger charge is 2.20. The molecule has 0 aliphatic heterocycles. The monoisotopic (exact) mass is 284 g/mol. The minimum atomic E-state index is -0.800. The van der Waals surface area contributed by atoms with Crippen molar-refractivity contribution in [3.63, 3.8) is 0 Å². The molecule has 0 aliphatic rings. The SMILES string of the molecule is CC(CCCC(C)C(=O)O)Nc1nn(C)cc1[N+](=O)[O-]. The van der Waals surface area contributed by atoms with Crippen LogP contribution in [-0.4, -0.2) is 31.8 Å². The number of nitrogens with one attached hydrogen (secondary N) is 1. The maximum Gasteiger partial charge on any atom is 0.330 e. The van der Waals surface area contributed by atoms with E-state index in [-0.39, 0.29) is 23.5 Å². The average Bonchev–Trinajstić information content (AvgIpc) is 2.69. The Balaban J connectivity index is 2.48. The molecule has 0 saturated heterocycles. The summed E-state index contributed by atoms with van der Waals surface area (Å²) in [6.45, 7) is 3.56. The van der Waals surface area contributed by atoms with Gasteiger partial charge < -0.3 is 10.4 Å². The predicted molar refractivity (Wildman–Crippen MR) is 73.6 cm³/mol. The first-order valence-corrected chi connectivity index (χ1v) is 6.48. The first-order chi connectivity index (χ1) is 9.31. The predicted octanol–water partition coefficient (Wildman–Crippen LogP) is 2.02. The first-order valence-electron chi connectivity index (χ1n) is 6.48. The molecule has 8 nitrogen and oxygen atoms in total. The van der Waals surface area contributed by atoms with Crippen molar-refractivity contribution in [2.24, 2.45) is 13.0 Å². The molecule has 8 heteroatoms. The van der Waals surface area contributed by atoms with Gasteiger partial charge in [0.1, 0.15) is 6.20 Å². The van der Waals surface area contributed by atoms with Gasteiger partial charge >= 0.3 is 11.7 Å². The molecular weight excluding hydrogens is 264 g/mol. The zero-order valence-electron chi connectivity index (χ0n) is 11.9. The third-order valence-corrected chi connectivity index (χ3v) is 3.09. The topological polar surface area (TPSA) is 110 Å². The number of rotatable bonds is 8. The number of carboxylic acid groups (broad SMARTS) is 1. The molecule has 0 amide bonds. The lowest BCUT2D eigenvalue weighted by Gasteiger charge is -2.13. The van der Waals surface area contributed by atoms with E-state index in [2.05, 4.69) is 10.4 Å². The number of carbonyl (C=O) groups is 1. The van der Waals surface area contributed by atoms with Gasteiger partial charge in [-0.15, -0.1) is 5.10 Å². The number of hydrogen-bond donors (Lipinski definition) is 2. The van der Waals surface area contributed by atoms with Crippen LogP contribution in [0.5, 0.6) is 0 Å². The van der Waals surface area contributed by atoms with E-state index in [1.807, 2.05) is 6.92 Å². The molecule has 1 rings (SSSR count). The van der Waals surface area contributed by atoms with Crippen LogP contribution >= 0.6 is 0 Å². The summed E-state index contributed by atoms with van der Waals surface area (Å²) in [4.78, 5) is 21.0. The van der Waals surface area contributed by atoms with Crippen LogP contribution in [0.3, 0.4) is 0 Å². The standard InChI is InChI=1S/C12H20N4O4/c1-8(12(17)18)5-4-6-9(2)13-11-10(16(19)20)7-15(3)14-11/h7-9H,4-6H2,1-3H3,(H,13,14)(H,17,18). The average molecular weight is 284 g/mol. The van der Waals surface area contributed by atoms with Crippen molar-refractivity contribution in [1.82, 2.24) is 9.78 Å². The molecule has 2 atom stereocenters. The molecule has 0 aliphatic carbocycles. The third-order valence-electron chi connectivity index (χ3n) is 3.09. The molecule has 1 aromatic rings. The zero-order chi connectivity index (χ0) is 15.3. The largest absolute Gasteiger partial charge is 0.481 e. The normalized spacial score (nSPS) is 13.8. The summed E-state index contributed by atoms with van der Waals surface area (Å²) < 4.78 is 1.39.